The van der Waals surface area contributed by atoms with Gasteiger partial charge in [-0.2, -0.15) is 0 Å². The molecule has 2 amide bonds. The fourth-order valence-corrected chi connectivity index (χ4v) is 4.38. The Bertz CT molecular complexity index is 1320. The molecular formula is C26H20N2O3S. The van der Waals surface area contributed by atoms with Crippen LogP contribution >= 0.6 is 11.8 Å². The van der Waals surface area contributed by atoms with Crippen molar-refractivity contribution in [3.8, 4) is 5.75 Å². The van der Waals surface area contributed by atoms with E-state index in [1.165, 1.54) is 0 Å². The lowest BCUT2D eigenvalue weighted by atomic mass is 10.1. The number of hydrogen-bond acceptors (Lipinski definition) is 4. The number of nitrogens with one attached hydrogen (secondary N) is 1. The third-order valence-electron chi connectivity index (χ3n) is 5.30. The molecular weight excluding hydrogens is 420 g/mol. The molecule has 0 bridgehead atoms. The van der Waals surface area contributed by atoms with Gasteiger partial charge in [0.25, 0.3) is 11.1 Å². The molecule has 1 aliphatic heterocycles. The fraction of sp³-hybridized carbons (Fsp3) is 0.0769. The van der Waals surface area contributed by atoms with Gasteiger partial charge in [-0.1, -0.05) is 54.6 Å². The number of thioether (sulfide) groups is 1. The number of imide groups is 1. The van der Waals surface area contributed by atoms with Crippen molar-refractivity contribution in [1.29, 1.82) is 0 Å². The number of amides is 2. The van der Waals surface area contributed by atoms with E-state index >= 15 is 0 Å². The number of fused-ring (bicyclic) bond motifs is 1. The predicted octanol–water partition coefficient (Wildman–Crippen LogP) is 5.59. The average Bonchev–Trinajstić information content (AvgIpc) is 3.36. The summed E-state index contributed by atoms with van der Waals surface area (Å²) in [4.78, 5) is 23.7. The summed E-state index contributed by atoms with van der Waals surface area (Å²) >= 11 is 0.933. The lowest BCUT2D eigenvalue weighted by Gasteiger charge is -2.09. The van der Waals surface area contributed by atoms with Crippen LogP contribution in [-0.2, 0) is 17.9 Å². The lowest BCUT2D eigenvalue weighted by molar-refractivity contribution is -0.115. The van der Waals surface area contributed by atoms with Gasteiger partial charge in [0.05, 0.1) is 4.91 Å². The van der Waals surface area contributed by atoms with Crippen LogP contribution in [0.2, 0.25) is 0 Å². The minimum absolute atomic E-state index is 0.331. The Balaban J connectivity index is 1.32. The van der Waals surface area contributed by atoms with Crippen molar-refractivity contribution < 1.29 is 14.3 Å². The number of benzene rings is 3. The summed E-state index contributed by atoms with van der Waals surface area (Å²) in [6, 6.07) is 26.2. The number of hydrogen-bond donors (Lipinski definition) is 1. The van der Waals surface area contributed by atoms with E-state index in [-0.39, 0.29) is 11.1 Å². The lowest BCUT2D eigenvalue weighted by Crippen LogP contribution is -2.17. The largest absolute Gasteiger partial charge is 0.489 e. The van der Waals surface area contributed by atoms with Crippen LogP contribution in [0.25, 0.3) is 17.0 Å². The molecule has 6 heteroatoms. The molecule has 0 saturated carbocycles. The van der Waals surface area contributed by atoms with Gasteiger partial charge in [0.15, 0.2) is 0 Å². The van der Waals surface area contributed by atoms with Crippen molar-refractivity contribution >= 4 is 39.9 Å². The second-order valence-corrected chi connectivity index (χ2v) is 8.51. The second kappa shape index (κ2) is 8.77. The van der Waals surface area contributed by atoms with Gasteiger partial charge in [0.1, 0.15) is 12.4 Å². The summed E-state index contributed by atoms with van der Waals surface area (Å²) < 4.78 is 8.05. The Labute approximate surface area is 189 Å². The van der Waals surface area contributed by atoms with Crippen LogP contribution in [0.1, 0.15) is 16.7 Å². The maximum absolute atomic E-state index is 11.9. The third kappa shape index (κ3) is 4.31. The molecule has 158 valence electrons. The highest BCUT2D eigenvalue weighted by atomic mass is 32.2. The summed E-state index contributed by atoms with van der Waals surface area (Å²) in [6.07, 6.45) is 3.82. The van der Waals surface area contributed by atoms with Crippen molar-refractivity contribution in [2.45, 2.75) is 13.2 Å². The number of carbonyl (C=O) groups is 2. The zero-order chi connectivity index (χ0) is 21.9. The molecule has 0 atom stereocenters. The van der Waals surface area contributed by atoms with E-state index in [0.29, 0.717) is 11.5 Å². The van der Waals surface area contributed by atoms with Crippen LogP contribution in [0.15, 0.2) is 90.0 Å². The first-order valence-corrected chi connectivity index (χ1v) is 11.1. The van der Waals surface area contributed by atoms with Crippen LogP contribution in [0, 0.1) is 0 Å². The number of ether oxygens (including phenoxy) is 1. The van der Waals surface area contributed by atoms with Gasteiger partial charge in [-0.3, -0.25) is 14.9 Å². The SMILES string of the molecule is O=C1NC(=O)C(=Cc2cccc3c2ccn3Cc2ccc(OCc3ccccc3)cc2)S1. The van der Waals surface area contributed by atoms with E-state index in [0.717, 1.165) is 51.6 Å². The van der Waals surface area contributed by atoms with Crippen LogP contribution in [0.5, 0.6) is 5.75 Å². The summed E-state index contributed by atoms with van der Waals surface area (Å²) in [5.74, 6) is 0.497. The molecule has 4 aromatic rings. The minimum atomic E-state index is -0.342. The van der Waals surface area contributed by atoms with Gasteiger partial charge in [-0.15, -0.1) is 0 Å². The Hall–Kier alpha value is -3.77. The molecule has 32 heavy (non-hydrogen) atoms. The molecule has 3 aromatic carbocycles. The Kier molecular flexibility index (Phi) is 5.52. The maximum Gasteiger partial charge on any atom is 0.290 e. The van der Waals surface area contributed by atoms with Gasteiger partial charge >= 0.3 is 0 Å². The molecule has 0 radical (unpaired) electrons. The van der Waals surface area contributed by atoms with E-state index in [9.17, 15) is 9.59 Å². The van der Waals surface area contributed by atoms with E-state index in [4.69, 9.17) is 4.74 Å². The monoisotopic (exact) mass is 440 g/mol. The standard InChI is InChI=1S/C26H20N2O3S/c29-25-24(32-26(30)27-25)15-20-7-4-8-23-22(20)13-14-28(23)16-18-9-11-21(12-10-18)31-17-19-5-2-1-3-6-19/h1-15H,16-17H2,(H,27,29,30). The van der Waals surface area contributed by atoms with Crippen molar-refractivity contribution in [2.24, 2.45) is 0 Å². The number of carbonyl (C=O) groups excluding carboxylic acids is 2. The molecule has 5 nitrogen and oxygen atoms in total. The van der Waals surface area contributed by atoms with E-state index in [1.807, 2.05) is 66.9 Å². The smallest absolute Gasteiger partial charge is 0.290 e. The Morgan fingerprint density at radius 3 is 2.44 bits per heavy atom. The van der Waals surface area contributed by atoms with Crippen LogP contribution in [0.3, 0.4) is 0 Å². The molecule has 1 N–H and O–H groups in total. The van der Waals surface area contributed by atoms with Crippen molar-refractivity contribution in [3.05, 3.63) is 107 Å². The maximum atomic E-state index is 11.9. The minimum Gasteiger partial charge on any atom is -0.489 e. The Morgan fingerprint density at radius 2 is 1.69 bits per heavy atom. The van der Waals surface area contributed by atoms with Crippen molar-refractivity contribution in [3.63, 3.8) is 0 Å². The van der Waals surface area contributed by atoms with Gasteiger partial charge in [0.2, 0.25) is 0 Å². The van der Waals surface area contributed by atoms with E-state index in [2.05, 4.69) is 28.1 Å². The Morgan fingerprint density at radius 1 is 0.875 bits per heavy atom. The van der Waals surface area contributed by atoms with Crippen molar-refractivity contribution in [2.75, 3.05) is 0 Å². The zero-order valence-corrected chi connectivity index (χ0v) is 18.0. The van der Waals surface area contributed by atoms with E-state index in [1.54, 1.807) is 6.08 Å². The highest BCUT2D eigenvalue weighted by molar-refractivity contribution is 8.18. The van der Waals surface area contributed by atoms with Crippen molar-refractivity contribution in [1.82, 2.24) is 9.88 Å². The molecule has 0 aliphatic carbocycles. The summed E-state index contributed by atoms with van der Waals surface area (Å²) in [5.41, 5.74) is 4.28. The van der Waals surface area contributed by atoms with E-state index < -0.39 is 0 Å². The third-order valence-corrected chi connectivity index (χ3v) is 6.11. The molecule has 0 unspecified atom stereocenters. The molecule has 1 saturated heterocycles. The summed E-state index contributed by atoms with van der Waals surface area (Å²) in [5, 5.41) is 3.00. The molecule has 5 rings (SSSR count). The van der Waals surface area contributed by atoms with Crippen LogP contribution < -0.4 is 10.1 Å². The van der Waals surface area contributed by atoms with Crippen LogP contribution in [-0.4, -0.2) is 15.7 Å². The highest BCUT2D eigenvalue weighted by Gasteiger charge is 2.25. The van der Waals surface area contributed by atoms with Gasteiger partial charge in [-0.05, 0) is 58.8 Å². The molecule has 0 spiro atoms. The molecule has 1 fully saturated rings. The van der Waals surface area contributed by atoms with Crippen LogP contribution in [0.4, 0.5) is 4.79 Å². The quantitative estimate of drug-likeness (QED) is 0.397. The van der Waals surface area contributed by atoms with Gasteiger partial charge in [0, 0.05) is 23.6 Å². The average molecular weight is 441 g/mol. The molecule has 1 aromatic heterocycles. The summed E-state index contributed by atoms with van der Waals surface area (Å²) in [7, 11) is 0. The zero-order valence-electron chi connectivity index (χ0n) is 17.2. The summed E-state index contributed by atoms with van der Waals surface area (Å²) in [6.45, 7) is 1.26. The first-order valence-electron chi connectivity index (χ1n) is 10.2. The number of aromatic nitrogens is 1. The number of rotatable bonds is 6. The molecule has 1 aliphatic rings. The first-order chi connectivity index (χ1) is 15.7. The second-order valence-electron chi connectivity index (χ2n) is 7.49. The fourth-order valence-electron chi connectivity index (χ4n) is 3.70. The topological polar surface area (TPSA) is 60.3 Å². The van der Waals surface area contributed by atoms with Gasteiger partial charge in [-0.25, -0.2) is 0 Å². The first kappa shape index (κ1) is 20.2. The predicted molar refractivity (Wildman–Crippen MR) is 127 cm³/mol. The highest BCUT2D eigenvalue weighted by Crippen LogP contribution is 2.29. The normalized spacial score (nSPS) is 14.8. The molecule has 2 heterocycles. The van der Waals surface area contributed by atoms with Gasteiger partial charge < -0.3 is 9.30 Å². The number of nitrogens with zero attached hydrogens (tertiary/aromatic N) is 1.